The Morgan fingerprint density at radius 2 is 0.830 bits per heavy atom. The summed E-state index contributed by atoms with van der Waals surface area (Å²) >= 11 is 0. The summed E-state index contributed by atoms with van der Waals surface area (Å²) in [5.74, 6) is 1.87. The third-order valence-electron chi connectivity index (χ3n) is 8.72. The van der Waals surface area contributed by atoms with Crippen LogP contribution in [0.1, 0.15) is 0 Å². The van der Waals surface area contributed by atoms with E-state index in [0.717, 1.165) is 55.1 Å². The zero-order valence-electron chi connectivity index (χ0n) is 25.3. The predicted octanol–water partition coefficient (Wildman–Crippen LogP) is 11.3. The van der Waals surface area contributed by atoms with Gasteiger partial charge in [0.05, 0.1) is 0 Å². The van der Waals surface area contributed by atoms with Gasteiger partial charge in [0.25, 0.3) is 0 Å². The highest BCUT2D eigenvalue weighted by molar-refractivity contribution is 6.06. The molecular formula is C43H27N3O. The van der Waals surface area contributed by atoms with Crippen molar-refractivity contribution < 1.29 is 4.42 Å². The molecule has 47 heavy (non-hydrogen) atoms. The number of benzene rings is 7. The monoisotopic (exact) mass is 601 g/mol. The third-order valence-corrected chi connectivity index (χ3v) is 8.72. The highest BCUT2D eigenvalue weighted by Gasteiger charge is 2.15. The average Bonchev–Trinajstić information content (AvgIpc) is 3.53. The van der Waals surface area contributed by atoms with E-state index in [4.69, 9.17) is 19.4 Å². The van der Waals surface area contributed by atoms with Gasteiger partial charge in [-0.25, -0.2) is 15.0 Å². The number of hydrogen-bond donors (Lipinski definition) is 0. The second-order valence-electron chi connectivity index (χ2n) is 11.7. The van der Waals surface area contributed by atoms with Gasteiger partial charge in [0, 0.05) is 27.5 Å². The summed E-state index contributed by atoms with van der Waals surface area (Å²) in [6, 6.07) is 56.5. The molecule has 2 aromatic heterocycles. The smallest absolute Gasteiger partial charge is 0.164 e. The van der Waals surface area contributed by atoms with Crippen molar-refractivity contribution in [2.24, 2.45) is 0 Å². The zero-order valence-corrected chi connectivity index (χ0v) is 25.3. The fourth-order valence-corrected chi connectivity index (χ4v) is 6.28. The molecule has 0 amide bonds. The molecule has 0 unspecified atom stereocenters. The standard InChI is InChI=1S/C43H27N3O/c1-2-9-28(10-3-1)33-13-8-14-34(25-33)30-17-20-31(21-18-30)41-44-42(35-22-19-29-11-4-5-12-32(29)26-35)46-43(45-41)36-23-24-40-38(27-36)37-15-6-7-16-39(37)47-40/h1-27H. The normalized spacial score (nSPS) is 11.4. The van der Waals surface area contributed by atoms with Crippen molar-refractivity contribution in [1.29, 1.82) is 0 Å². The molecule has 0 aliphatic heterocycles. The van der Waals surface area contributed by atoms with Crippen molar-refractivity contribution in [2.75, 3.05) is 0 Å². The quantitative estimate of drug-likeness (QED) is 0.197. The summed E-state index contributed by atoms with van der Waals surface area (Å²) in [5.41, 5.74) is 9.16. The van der Waals surface area contributed by atoms with Gasteiger partial charge in [-0.1, -0.05) is 127 Å². The Morgan fingerprint density at radius 3 is 1.62 bits per heavy atom. The molecule has 0 N–H and O–H groups in total. The van der Waals surface area contributed by atoms with Gasteiger partial charge in [0.1, 0.15) is 11.2 Å². The van der Waals surface area contributed by atoms with Crippen molar-refractivity contribution in [1.82, 2.24) is 15.0 Å². The van der Waals surface area contributed by atoms with E-state index in [0.29, 0.717) is 17.5 Å². The van der Waals surface area contributed by atoms with Gasteiger partial charge in [-0.3, -0.25) is 0 Å². The van der Waals surface area contributed by atoms with Crippen LogP contribution in [0.15, 0.2) is 168 Å². The van der Waals surface area contributed by atoms with Gasteiger partial charge >= 0.3 is 0 Å². The molecule has 0 bridgehead atoms. The van der Waals surface area contributed by atoms with E-state index in [2.05, 4.69) is 127 Å². The Hall–Kier alpha value is -6.39. The minimum absolute atomic E-state index is 0.616. The largest absolute Gasteiger partial charge is 0.456 e. The number of fused-ring (bicyclic) bond motifs is 4. The van der Waals surface area contributed by atoms with Crippen LogP contribution in [0.3, 0.4) is 0 Å². The Morgan fingerprint density at radius 1 is 0.298 bits per heavy atom. The molecule has 0 spiro atoms. The lowest BCUT2D eigenvalue weighted by Gasteiger charge is -2.10. The molecule has 9 aromatic rings. The molecule has 4 nitrogen and oxygen atoms in total. The summed E-state index contributed by atoms with van der Waals surface area (Å²) in [7, 11) is 0. The van der Waals surface area contributed by atoms with Gasteiger partial charge in [-0.2, -0.15) is 0 Å². The van der Waals surface area contributed by atoms with Gasteiger partial charge in [-0.15, -0.1) is 0 Å². The van der Waals surface area contributed by atoms with E-state index >= 15 is 0 Å². The Kier molecular flexibility index (Phi) is 6.43. The summed E-state index contributed by atoms with van der Waals surface area (Å²) < 4.78 is 6.10. The molecule has 0 saturated heterocycles. The zero-order chi connectivity index (χ0) is 31.2. The molecule has 4 heteroatoms. The fourth-order valence-electron chi connectivity index (χ4n) is 6.28. The second kappa shape index (κ2) is 11.2. The molecule has 7 aromatic carbocycles. The Balaban J connectivity index is 1.16. The number of nitrogens with zero attached hydrogens (tertiary/aromatic N) is 3. The van der Waals surface area contributed by atoms with Crippen molar-refractivity contribution in [3.05, 3.63) is 164 Å². The van der Waals surface area contributed by atoms with E-state index in [1.165, 1.54) is 16.5 Å². The van der Waals surface area contributed by atoms with Crippen molar-refractivity contribution in [2.45, 2.75) is 0 Å². The molecule has 2 heterocycles. The van der Waals surface area contributed by atoms with Crippen LogP contribution in [0.2, 0.25) is 0 Å². The van der Waals surface area contributed by atoms with Crippen LogP contribution in [0.4, 0.5) is 0 Å². The lowest BCUT2D eigenvalue weighted by atomic mass is 9.98. The average molecular weight is 602 g/mol. The molecule has 0 atom stereocenters. The number of furan rings is 1. The second-order valence-corrected chi connectivity index (χ2v) is 11.7. The van der Waals surface area contributed by atoms with E-state index in [9.17, 15) is 0 Å². The third kappa shape index (κ3) is 5.02. The lowest BCUT2D eigenvalue weighted by Crippen LogP contribution is -2.00. The first-order valence-electron chi connectivity index (χ1n) is 15.7. The molecule has 0 aliphatic carbocycles. The predicted molar refractivity (Wildman–Crippen MR) is 192 cm³/mol. The van der Waals surface area contributed by atoms with E-state index < -0.39 is 0 Å². The molecule has 0 aliphatic rings. The fraction of sp³-hybridized carbons (Fsp3) is 0. The molecule has 0 saturated carbocycles. The van der Waals surface area contributed by atoms with Gasteiger partial charge in [0.2, 0.25) is 0 Å². The maximum Gasteiger partial charge on any atom is 0.164 e. The van der Waals surface area contributed by atoms with Crippen molar-refractivity contribution in [3.63, 3.8) is 0 Å². The highest BCUT2D eigenvalue weighted by atomic mass is 16.3. The number of aromatic nitrogens is 3. The first-order chi connectivity index (χ1) is 23.2. The number of rotatable bonds is 5. The van der Waals surface area contributed by atoms with Gasteiger partial charge in [-0.05, 0) is 69.4 Å². The van der Waals surface area contributed by atoms with Gasteiger partial charge in [0.15, 0.2) is 17.5 Å². The minimum Gasteiger partial charge on any atom is -0.456 e. The molecule has 0 fully saturated rings. The van der Waals surface area contributed by atoms with Crippen LogP contribution in [0.5, 0.6) is 0 Å². The van der Waals surface area contributed by atoms with Crippen LogP contribution in [0.25, 0.3) is 89.1 Å². The molecule has 0 radical (unpaired) electrons. The SMILES string of the molecule is c1ccc(-c2cccc(-c3ccc(-c4nc(-c5ccc6ccccc6c5)nc(-c5ccc6oc7ccccc7c6c5)n4)cc3)c2)cc1. The van der Waals surface area contributed by atoms with E-state index in [1.807, 2.05) is 36.4 Å². The maximum absolute atomic E-state index is 6.10. The highest BCUT2D eigenvalue weighted by Crippen LogP contribution is 2.34. The van der Waals surface area contributed by atoms with E-state index in [1.54, 1.807) is 0 Å². The van der Waals surface area contributed by atoms with Crippen LogP contribution in [-0.2, 0) is 0 Å². The van der Waals surface area contributed by atoms with Crippen molar-refractivity contribution >= 4 is 32.7 Å². The molecule has 220 valence electrons. The van der Waals surface area contributed by atoms with Crippen LogP contribution in [-0.4, -0.2) is 15.0 Å². The van der Waals surface area contributed by atoms with Gasteiger partial charge < -0.3 is 4.42 Å². The summed E-state index contributed by atoms with van der Waals surface area (Å²) in [6.45, 7) is 0. The van der Waals surface area contributed by atoms with E-state index in [-0.39, 0.29) is 0 Å². The number of hydrogen-bond acceptors (Lipinski definition) is 4. The van der Waals surface area contributed by atoms with Crippen LogP contribution < -0.4 is 0 Å². The van der Waals surface area contributed by atoms with Crippen LogP contribution >= 0.6 is 0 Å². The topological polar surface area (TPSA) is 51.8 Å². The Bertz CT molecular complexity index is 2570. The Labute approximate surface area is 271 Å². The lowest BCUT2D eigenvalue weighted by molar-refractivity contribution is 0.669. The number of para-hydroxylation sites is 1. The summed E-state index contributed by atoms with van der Waals surface area (Å²) in [6.07, 6.45) is 0. The molecule has 9 rings (SSSR count). The van der Waals surface area contributed by atoms with Crippen molar-refractivity contribution in [3.8, 4) is 56.4 Å². The first-order valence-corrected chi connectivity index (χ1v) is 15.7. The summed E-state index contributed by atoms with van der Waals surface area (Å²) in [5, 5.41) is 4.42. The minimum atomic E-state index is 0.616. The maximum atomic E-state index is 6.10. The first kappa shape index (κ1) is 27.0. The molecular weight excluding hydrogens is 574 g/mol. The van der Waals surface area contributed by atoms with Crippen LogP contribution in [0, 0.1) is 0 Å². The summed E-state index contributed by atoms with van der Waals surface area (Å²) in [4.78, 5) is 15.1.